The quantitative estimate of drug-likeness (QED) is 0.771. The molecule has 18 heavy (non-hydrogen) atoms. The van der Waals surface area contributed by atoms with Crippen LogP contribution in [0.1, 0.15) is 13.3 Å². The van der Waals surface area contributed by atoms with Gasteiger partial charge in [-0.05, 0) is 19.1 Å². The smallest absolute Gasteiger partial charge is 0.308 e. The summed E-state index contributed by atoms with van der Waals surface area (Å²) >= 11 is 0. The molecule has 0 fully saturated rings. The number of benzene rings is 1. The van der Waals surface area contributed by atoms with E-state index in [1.54, 1.807) is 0 Å². The molecule has 0 radical (unpaired) electrons. The normalized spacial score (nSPS) is 11.8. The molecule has 1 aromatic rings. The van der Waals surface area contributed by atoms with E-state index in [-0.39, 0.29) is 13.0 Å². The lowest BCUT2D eigenvalue weighted by Gasteiger charge is -2.25. The van der Waals surface area contributed by atoms with E-state index in [2.05, 4.69) is 0 Å². The highest BCUT2D eigenvalue weighted by atomic mass is 16.4. The molecule has 1 rings (SSSR count). The molecular formula is C13H17NO4. The van der Waals surface area contributed by atoms with Crippen LogP contribution in [0.15, 0.2) is 30.3 Å². The van der Waals surface area contributed by atoms with Gasteiger partial charge < -0.3 is 15.1 Å². The highest BCUT2D eigenvalue weighted by Gasteiger charge is 2.23. The molecule has 0 aliphatic carbocycles. The van der Waals surface area contributed by atoms with Crippen LogP contribution in [0, 0.1) is 5.92 Å². The zero-order valence-corrected chi connectivity index (χ0v) is 10.2. The van der Waals surface area contributed by atoms with Crippen LogP contribution in [0.2, 0.25) is 0 Å². The van der Waals surface area contributed by atoms with Gasteiger partial charge in [0.15, 0.2) is 0 Å². The summed E-state index contributed by atoms with van der Waals surface area (Å²) in [6.45, 7) is 2.74. The van der Waals surface area contributed by atoms with E-state index in [9.17, 15) is 9.59 Å². The van der Waals surface area contributed by atoms with Crippen molar-refractivity contribution in [1.82, 2.24) is 0 Å². The zero-order chi connectivity index (χ0) is 13.5. The minimum absolute atomic E-state index is 0.197. The molecule has 0 saturated heterocycles. The number of carboxylic acid groups (broad SMARTS) is 2. The van der Waals surface area contributed by atoms with Crippen molar-refractivity contribution < 1.29 is 19.8 Å². The Kier molecular flexibility index (Phi) is 5.17. The standard InChI is InChI=1S/C13H17NO4/c1-2-14(11-6-4-3-5-7-11)9-10(13(17)18)8-12(15)16/h3-7,10H,2,8-9H2,1H3,(H,15,16)(H,17,18). The number of carbonyl (C=O) groups is 2. The number of anilines is 1. The number of para-hydroxylation sites is 1. The molecule has 0 aliphatic rings. The summed E-state index contributed by atoms with van der Waals surface area (Å²) in [7, 11) is 0. The molecular weight excluding hydrogens is 234 g/mol. The lowest BCUT2D eigenvalue weighted by molar-refractivity contribution is -0.147. The van der Waals surface area contributed by atoms with Gasteiger partial charge in [0.1, 0.15) is 0 Å². The Morgan fingerprint density at radius 2 is 1.83 bits per heavy atom. The summed E-state index contributed by atoms with van der Waals surface area (Å²) in [4.78, 5) is 23.5. The van der Waals surface area contributed by atoms with E-state index in [0.29, 0.717) is 6.54 Å². The third-order valence-corrected chi connectivity index (χ3v) is 2.71. The van der Waals surface area contributed by atoms with Gasteiger partial charge in [0, 0.05) is 18.8 Å². The Morgan fingerprint density at radius 1 is 1.22 bits per heavy atom. The first-order valence-corrected chi connectivity index (χ1v) is 5.79. The molecule has 2 N–H and O–H groups in total. The van der Waals surface area contributed by atoms with Crippen LogP contribution in [-0.4, -0.2) is 35.2 Å². The highest BCUT2D eigenvalue weighted by Crippen LogP contribution is 2.16. The monoisotopic (exact) mass is 251 g/mol. The lowest BCUT2D eigenvalue weighted by atomic mass is 10.0. The number of nitrogens with zero attached hydrogens (tertiary/aromatic N) is 1. The van der Waals surface area contributed by atoms with Crippen LogP contribution in [0.3, 0.4) is 0 Å². The number of rotatable bonds is 7. The molecule has 98 valence electrons. The second kappa shape index (κ2) is 6.64. The second-order valence-corrected chi connectivity index (χ2v) is 4.01. The van der Waals surface area contributed by atoms with E-state index in [0.717, 1.165) is 5.69 Å². The summed E-state index contributed by atoms with van der Waals surface area (Å²) in [6.07, 6.45) is -0.362. The summed E-state index contributed by atoms with van der Waals surface area (Å²) < 4.78 is 0. The maximum atomic E-state index is 11.0. The van der Waals surface area contributed by atoms with Gasteiger partial charge in [-0.25, -0.2) is 0 Å². The topological polar surface area (TPSA) is 77.8 Å². The molecule has 1 aromatic carbocycles. The van der Waals surface area contributed by atoms with Crippen molar-refractivity contribution in [3.63, 3.8) is 0 Å². The Morgan fingerprint density at radius 3 is 2.28 bits per heavy atom. The van der Waals surface area contributed by atoms with Gasteiger partial charge in [-0.2, -0.15) is 0 Å². The third kappa shape index (κ3) is 4.08. The zero-order valence-electron chi connectivity index (χ0n) is 10.2. The summed E-state index contributed by atoms with van der Waals surface area (Å²) in [5, 5.41) is 17.7. The first-order chi connectivity index (χ1) is 8.54. The van der Waals surface area contributed by atoms with E-state index < -0.39 is 17.9 Å². The number of aliphatic carboxylic acids is 2. The van der Waals surface area contributed by atoms with Gasteiger partial charge in [-0.1, -0.05) is 18.2 Å². The van der Waals surface area contributed by atoms with E-state index in [4.69, 9.17) is 10.2 Å². The fourth-order valence-electron chi connectivity index (χ4n) is 1.76. The van der Waals surface area contributed by atoms with Crippen molar-refractivity contribution in [2.24, 2.45) is 5.92 Å². The first kappa shape index (κ1) is 14.0. The molecule has 1 atom stereocenters. The molecule has 5 heteroatoms. The molecule has 0 amide bonds. The van der Waals surface area contributed by atoms with Crippen LogP contribution < -0.4 is 4.90 Å². The van der Waals surface area contributed by atoms with Crippen molar-refractivity contribution in [1.29, 1.82) is 0 Å². The molecule has 0 bridgehead atoms. The van der Waals surface area contributed by atoms with Crippen molar-refractivity contribution in [3.05, 3.63) is 30.3 Å². The molecule has 5 nitrogen and oxygen atoms in total. The summed E-state index contributed by atoms with van der Waals surface area (Å²) in [5.74, 6) is -3.07. The minimum Gasteiger partial charge on any atom is -0.481 e. The van der Waals surface area contributed by atoms with E-state index in [1.807, 2.05) is 42.2 Å². The predicted molar refractivity (Wildman–Crippen MR) is 67.7 cm³/mol. The van der Waals surface area contributed by atoms with Crippen molar-refractivity contribution >= 4 is 17.6 Å². The fraction of sp³-hybridized carbons (Fsp3) is 0.385. The highest BCUT2D eigenvalue weighted by molar-refractivity contribution is 5.78. The van der Waals surface area contributed by atoms with Crippen LogP contribution in [-0.2, 0) is 9.59 Å². The van der Waals surface area contributed by atoms with E-state index >= 15 is 0 Å². The number of hydrogen-bond donors (Lipinski definition) is 2. The fourth-order valence-corrected chi connectivity index (χ4v) is 1.76. The van der Waals surface area contributed by atoms with Gasteiger partial charge in [0.05, 0.1) is 12.3 Å². The van der Waals surface area contributed by atoms with Crippen LogP contribution in [0.25, 0.3) is 0 Å². The Labute approximate surface area is 106 Å². The Balaban J connectivity index is 2.77. The maximum Gasteiger partial charge on any atom is 0.308 e. The molecule has 0 heterocycles. The van der Waals surface area contributed by atoms with Gasteiger partial charge in [-0.3, -0.25) is 9.59 Å². The Hall–Kier alpha value is -2.04. The van der Waals surface area contributed by atoms with Gasteiger partial charge >= 0.3 is 11.9 Å². The van der Waals surface area contributed by atoms with Crippen LogP contribution in [0.5, 0.6) is 0 Å². The van der Waals surface area contributed by atoms with Crippen molar-refractivity contribution in [3.8, 4) is 0 Å². The van der Waals surface area contributed by atoms with Crippen molar-refractivity contribution in [2.45, 2.75) is 13.3 Å². The van der Waals surface area contributed by atoms with Crippen LogP contribution >= 0.6 is 0 Å². The molecule has 0 aliphatic heterocycles. The first-order valence-electron chi connectivity index (χ1n) is 5.79. The molecule has 1 unspecified atom stereocenters. The molecule has 0 spiro atoms. The molecule has 0 saturated carbocycles. The summed E-state index contributed by atoms with van der Waals surface area (Å²) in [6, 6.07) is 9.37. The van der Waals surface area contributed by atoms with Gasteiger partial charge in [-0.15, -0.1) is 0 Å². The third-order valence-electron chi connectivity index (χ3n) is 2.71. The van der Waals surface area contributed by atoms with Gasteiger partial charge in [0.25, 0.3) is 0 Å². The average molecular weight is 251 g/mol. The average Bonchev–Trinajstić information content (AvgIpc) is 2.34. The summed E-state index contributed by atoms with van der Waals surface area (Å²) in [5.41, 5.74) is 0.900. The second-order valence-electron chi connectivity index (χ2n) is 4.01. The minimum atomic E-state index is -1.09. The maximum absolute atomic E-state index is 11.0. The SMILES string of the molecule is CCN(CC(CC(=O)O)C(=O)O)c1ccccc1. The van der Waals surface area contributed by atoms with Crippen molar-refractivity contribution in [2.75, 3.05) is 18.0 Å². The largest absolute Gasteiger partial charge is 0.481 e. The van der Waals surface area contributed by atoms with Gasteiger partial charge in [0.2, 0.25) is 0 Å². The number of carboxylic acids is 2. The number of hydrogen-bond acceptors (Lipinski definition) is 3. The van der Waals surface area contributed by atoms with Crippen LogP contribution in [0.4, 0.5) is 5.69 Å². The lowest BCUT2D eigenvalue weighted by Crippen LogP contribution is -2.34. The predicted octanol–water partition coefficient (Wildman–Crippen LogP) is 1.69. The Bertz CT molecular complexity index is 405. The van der Waals surface area contributed by atoms with E-state index in [1.165, 1.54) is 0 Å². The molecule has 0 aromatic heterocycles.